The number of ether oxygens (including phenoxy) is 1. The van der Waals surface area contributed by atoms with Gasteiger partial charge in [0.25, 0.3) is 0 Å². The van der Waals surface area contributed by atoms with Crippen LogP contribution in [-0.2, 0) is 13.0 Å². The maximum absolute atomic E-state index is 12.1. The molecule has 0 atom stereocenters. The minimum Gasteiger partial charge on any atom is -0.486 e. The second kappa shape index (κ2) is 5.02. The van der Waals surface area contributed by atoms with E-state index in [0.717, 1.165) is 27.7 Å². The number of Topliss-reactive ketones (excluding diaryl/α,β-unsaturated/α-hetero) is 1. The zero-order valence-electron chi connectivity index (χ0n) is 11.7. The normalized spacial score (nSPS) is 16.8. The summed E-state index contributed by atoms with van der Waals surface area (Å²) in [5.74, 6) is 1.05. The molecule has 1 aliphatic carbocycles. The number of hydrogen-bond acceptors (Lipinski definition) is 4. The number of carbonyl (C=O) groups excluding carboxylic acids is 1. The lowest BCUT2D eigenvalue weighted by Crippen LogP contribution is -2.26. The fraction of sp³-hybridized carbons (Fsp3) is 0.375. The van der Waals surface area contributed by atoms with Gasteiger partial charge in [0, 0.05) is 6.42 Å². The Morgan fingerprint density at radius 1 is 1.25 bits per heavy atom. The Hall–Kier alpha value is -1.68. The summed E-state index contributed by atoms with van der Waals surface area (Å²) < 4.78 is 5.69. The first-order valence-corrected chi connectivity index (χ1v) is 7.55. The first-order chi connectivity index (χ1) is 9.53. The zero-order chi connectivity index (χ0) is 14.2. The molecule has 20 heavy (non-hydrogen) atoms. The van der Waals surface area contributed by atoms with Gasteiger partial charge in [-0.15, -0.1) is 11.3 Å². The summed E-state index contributed by atoms with van der Waals surface area (Å²) in [5.41, 5.74) is 0.971. The second-order valence-corrected chi connectivity index (χ2v) is 7.01. The van der Waals surface area contributed by atoms with E-state index in [9.17, 15) is 4.79 Å². The van der Waals surface area contributed by atoms with Crippen molar-refractivity contribution in [3.8, 4) is 5.75 Å². The van der Waals surface area contributed by atoms with E-state index in [4.69, 9.17) is 4.74 Å². The number of benzene rings is 1. The lowest BCUT2D eigenvalue weighted by atomic mass is 9.78. The highest BCUT2D eigenvalue weighted by Gasteiger charge is 2.33. The van der Waals surface area contributed by atoms with Crippen molar-refractivity contribution in [2.45, 2.75) is 33.3 Å². The van der Waals surface area contributed by atoms with Crippen molar-refractivity contribution in [1.29, 1.82) is 0 Å². The van der Waals surface area contributed by atoms with Gasteiger partial charge in [-0.3, -0.25) is 4.79 Å². The van der Waals surface area contributed by atoms with Crippen LogP contribution >= 0.6 is 11.3 Å². The molecule has 0 amide bonds. The maximum Gasteiger partial charge on any atom is 0.175 e. The summed E-state index contributed by atoms with van der Waals surface area (Å²) in [5, 5.41) is 0.880. The van der Waals surface area contributed by atoms with Gasteiger partial charge in [-0.05, 0) is 24.0 Å². The lowest BCUT2D eigenvalue weighted by Gasteiger charge is -2.26. The average Bonchev–Trinajstić information content (AvgIpc) is 2.79. The van der Waals surface area contributed by atoms with Crippen molar-refractivity contribution >= 4 is 17.1 Å². The lowest BCUT2D eigenvalue weighted by molar-refractivity contribution is 0.0916. The van der Waals surface area contributed by atoms with Crippen LogP contribution in [-0.4, -0.2) is 10.8 Å². The molecule has 0 unspecified atom stereocenters. The van der Waals surface area contributed by atoms with Gasteiger partial charge >= 0.3 is 0 Å². The van der Waals surface area contributed by atoms with Gasteiger partial charge in [-0.25, -0.2) is 4.98 Å². The number of carbonyl (C=O) groups is 1. The number of fused-ring (bicyclic) bond motifs is 1. The first kappa shape index (κ1) is 13.3. The van der Waals surface area contributed by atoms with Gasteiger partial charge < -0.3 is 4.74 Å². The van der Waals surface area contributed by atoms with Crippen LogP contribution in [0.3, 0.4) is 0 Å². The van der Waals surface area contributed by atoms with E-state index in [-0.39, 0.29) is 11.2 Å². The molecule has 0 N–H and O–H groups in total. The number of rotatable bonds is 3. The van der Waals surface area contributed by atoms with Crippen LogP contribution in [0.2, 0.25) is 0 Å². The molecule has 0 fully saturated rings. The Bertz CT molecular complexity index is 631. The summed E-state index contributed by atoms with van der Waals surface area (Å²) in [7, 11) is 0. The van der Waals surface area contributed by atoms with Crippen LogP contribution in [0.1, 0.15) is 40.6 Å². The molecule has 0 radical (unpaired) electrons. The van der Waals surface area contributed by atoms with Gasteiger partial charge in [-0.1, -0.05) is 32.0 Å². The molecule has 0 saturated heterocycles. The summed E-state index contributed by atoms with van der Waals surface area (Å²) in [6.45, 7) is 4.66. The number of hydrogen-bond donors (Lipinski definition) is 0. The van der Waals surface area contributed by atoms with E-state index >= 15 is 0 Å². The zero-order valence-corrected chi connectivity index (χ0v) is 12.5. The molecule has 0 spiro atoms. The van der Waals surface area contributed by atoms with Crippen molar-refractivity contribution in [2.24, 2.45) is 5.41 Å². The van der Waals surface area contributed by atoms with Crippen LogP contribution in [0.15, 0.2) is 30.3 Å². The largest absolute Gasteiger partial charge is 0.486 e. The third kappa shape index (κ3) is 2.75. The van der Waals surface area contributed by atoms with Crippen molar-refractivity contribution in [3.63, 3.8) is 0 Å². The van der Waals surface area contributed by atoms with Gasteiger partial charge in [0.1, 0.15) is 17.4 Å². The average molecular weight is 287 g/mol. The minimum atomic E-state index is 0.0235. The molecule has 104 valence electrons. The second-order valence-electron chi connectivity index (χ2n) is 5.93. The summed E-state index contributed by atoms with van der Waals surface area (Å²) in [6, 6.07) is 9.67. The molecule has 1 heterocycles. The van der Waals surface area contributed by atoms with Crippen LogP contribution in [0.4, 0.5) is 0 Å². The molecule has 0 saturated carbocycles. The number of para-hydroxylation sites is 1. The Labute approximate surface area is 122 Å². The van der Waals surface area contributed by atoms with Crippen LogP contribution in [0.5, 0.6) is 5.75 Å². The van der Waals surface area contributed by atoms with Crippen molar-refractivity contribution in [3.05, 3.63) is 45.9 Å². The Morgan fingerprint density at radius 3 is 2.75 bits per heavy atom. The molecule has 1 aromatic heterocycles. The number of thiazole rings is 1. The third-order valence-electron chi connectivity index (χ3n) is 3.39. The molecule has 2 aromatic rings. The first-order valence-electron chi connectivity index (χ1n) is 6.73. The van der Waals surface area contributed by atoms with Gasteiger partial charge in [0.2, 0.25) is 0 Å². The predicted octanol–water partition coefficient (Wildman–Crippen LogP) is 3.88. The van der Waals surface area contributed by atoms with Crippen molar-refractivity contribution in [1.82, 2.24) is 4.98 Å². The quantitative estimate of drug-likeness (QED) is 0.860. The maximum atomic E-state index is 12.1. The molecule has 4 heteroatoms. The van der Waals surface area contributed by atoms with Crippen LogP contribution < -0.4 is 4.74 Å². The molecule has 0 bridgehead atoms. The Morgan fingerprint density at radius 2 is 2.00 bits per heavy atom. The molecular formula is C16H17NO2S. The third-order valence-corrected chi connectivity index (χ3v) is 4.50. The summed E-state index contributed by atoms with van der Waals surface area (Å²) in [6.07, 6.45) is 1.48. The van der Waals surface area contributed by atoms with E-state index < -0.39 is 0 Å². The monoisotopic (exact) mass is 287 g/mol. The van der Waals surface area contributed by atoms with Gasteiger partial charge in [-0.2, -0.15) is 0 Å². The summed E-state index contributed by atoms with van der Waals surface area (Å²) in [4.78, 5) is 17.5. The highest BCUT2D eigenvalue weighted by Crippen LogP contribution is 2.37. The van der Waals surface area contributed by atoms with Crippen molar-refractivity contribution in [2.75, 3.05) is 0 Å². The predicted molar refractivity (Wildman–Crippen MR) is 79.3 cm³/mol. The summed E-state index contributed by atoms with van der Waals surface area (Å²) >= 11 is 1.48. The molecule has 1 aliphatic rings. The number of aromatic nitrogens is 1. The van der Waals surface area contributed by atoms with Gasteiger partial charge in [0.15, 0.2) is 5.78 Å². The number of ketones is 1. The Kier molecular flexibility index (Phi) is 3.34. The fourth-order valence-corrected chi connectivity index (χ4v) is 3.42. The number of nitrogens with zero attached hydrogens (tertiary/aromatic N) is 1. The SMILES string of the molecule is CC1(C)CC(=O)c2sc(COc3ccccc3)nc2C1. The highest BCUT2D eigenvalue weighted by molar-refractivity contribution is 7.13. The van der Waals surface area contributed by atoms with E-state index in [1.165, 1.54) is 11.3 Å². The molecule has 1 aromatic carbocycles. The van der Waals surface area contributed by atoms with E-state index in [2.05, 4.69) is 18.8 Å². The minimum absolute atomic E-state index is 0.0235. The molecule has 3 rings (SSSR count). The van der Waals surface area contributed by atoms with Crippen LogP contribution in [0.25, 0.3) is 0 Å². The van der Waals surface area contributed by atoms with Gasteiger partial charge in [0.05, 0.1) is 10.6 Å². The van der Waals surface area contributed by atoms with Crippen molar-refractivity contribution < 1.29 is 9.53 Å². The Balaban J connectivity index is 1.75. The van der Waals surface area contributed by atoms with E-state index in [1.807, 2.05) is 30.3 Å². The fourth-order valence-electron chi connectivity index (χ4n) is 2.49. The molecule has 3 nitrogen and oxygen atoms in total. The molecule has 0 aliphatic heterocycles. The topological polar surface area (TPSA) is 39.2 Å². The molecular weight excluding hydrogens is 270 g/mol. The van der Waals surface area contributed by atoms with Crippen LogP contribution in [0, 0.1) is 5.41 Å². The highest BCUT2D eigenvalue weighted by atomic mass is 32.1. The smallest absolute Gasteiger partial charge is 0.175 e. The standard InChI is InChI=1S/C16H17NO2S/c1-16(2)8-12-15(13(18)9-16)20-14(17-12)10-19-11-6-4-3-5-7-11/h3-7H,8-10H2,1-2H3. The van der Waals surface area contributed by atoms with E-state index in [0.29, 0.717) is 13.0 Å². The van der Waals surface area contributed by atoms with E-state index in [1.54, 1.807) is 0 Å².